The second kappa shape index (κ2) is 9.34. The van der Waals surface area contributed by atoms with E-state index in [1.165, 1.54) is 0 Å². The predicted octanol–water partition coefficient (Wildman–Crippen LogP) is 6.85. The molecule has 5 nitrogen and oxygen atoms in total. The van der Waals surface area contributed by atoms with E-state index in [4.69, 9.17) is 27.1 Å². The number of nitrogen functional groups attached to an aromatic ring is 1. The number of nitrogens with zero attached hydrogens (tertiary/aromatic N) is 1. The molecule has 2 heterocycles. The van der Waals surface area contributed by atoms with Crippen molar-refractivity contribution in [2.24, 2.45) is 0 Å². The van der Waals surface area contributed by atoms with Gasteiger partial charge in [0.2, 0.25) is 0 Å². The minimum Gasteiger partial charge on any atom is -0.497 e. The molecule has 0 aliphatic rings. The molecule has 0 atom stereocenters. The van der Waals surface area contributed by atoms with E-state index in [2.05, 4.69) is 0 Å². The number of hydrogen-bond acceptors (Lipinski definition) is 6. The van der Waals surface area contributed by atoms with Crippen LogP contribution in [0.2, 0.25) is 5.02 Å². The highest BCUT2D eigenvalue weighted by molar-refractivity contribution is 7.93. The Kier molecular flexibility index (Phi) is 6.23. The van der Waals surface area contributed by atoms with Crippen molar-refractivity contribution in [3.63, 3.8) is 0 Å². The van der Waals surface area contributed by atoms with Gasteiger partial charge in [-0.1, -0.05) is 54.1 Å². The van der Waals surface area contributed by atoms with E-state index >= 15 is 0 Å². The third-order valence-electron chi connectivity index (χ3n) is 5.69. The summed E-state index contributed by atoms with van der Waals surface area (Å²) in [7, 11) is -2.09. The lowest BCUT2D eigenvalue weighted by Gasteiger charge is -2.09. The molecule has 0 fully saturated rings. The lowest BCUT2D eigenvalue weighted by atomic mass is 10.00. The van der Waals surface area contributed by atoms with Crippen LogP contribution in [0, 0.1) is 0 Å². The minimum absolute atomic E-state index is 0.124. The van der Waals surface area contributed by atoms with Crippen LogP contribution in [0.4, 0.5) is 5.69 Å². The monoisotopic (exact) mass is 520 g/mol. The van der Waals surface area contributed by atoms with E-state index in [-0.39, 0.29) is 15.6 Å². The van der Waals surface area contributed by atoms with Crippen LogP contribution >= 0.6 is 22.9 Å². The number of halogens is 1. The first kappa shape index (κ1) is 23.4. The van der Waals surface area contributed by atoms with Gasteiger partial charge < -0.3 is 10.5 Å². The number of sulfone groups is 1. The number of hydrogen-bond donors (Lipinski definition) is 1. The number of fused-ring (bicyclic) bond motifs is 1. The van der Waals surface area contributed by atoms with Crippen LogP contribution in [0.15, 0.2) is 89.1 Å². The van der Waals surface area contributed by atoms with Gasteiger partial charge in [-0.2, -0.15) is 0 Å². The van der Waals surface area contributed by atoms with Gasteiger partial charge in [-0.3, -0.25) is 0 Å². The molecule has 5 aromatic rings. The maximum absolute atomic E-state index is 13.4. The van der Waals surface area contributed by atoms with Gasteiger partial charge in [-0.25, -0.2) is 13.4 Å². The van der Waals surface area contributed by atoms with Crippen molar-refractivity contribution in [2.75, 3.05) is 12.8 Å². The summed E-state index contributed by atoms with van der Waals surface area (Å²) in [4.78, 5) is 5.39. The van der Waals surface area contributed by atoms with E-state index in [1.54, 1.807) is 31.4 Å². The van der Waals surface area contributed by atoms with Crippen LogP contribution in [0.1, 0.15) is 5.56 Å². The SMILES string of the molecule is COc1ccc(-c2cc(-c3ccccc3)c3c(N)c(S(=O)(=O)Cc4ccc(Cl)cc4)sc3n2)cc1. The van der Waals surface area contributed by atoms with Crippen molar-refractivity contribution in [3.8, 4) is 28.1 Å². The quantitative estimate of drug-likeness (QED) is 0.265. The highest BCUT2D eigenvalue weighted by Gasteiger charge is 2.26. The smallest absolute Gasteiger partial charge is 0.194 e. The molecule has 0 unspecified atom stereocenters. The summed E-state index contributed by atoms with van der Waals surface area (Å²) in [6.07, 6.45) is 0. The highest BCUT2D eigenvalue weighted by atomic mass is 35.5. The highest BCUT2D eigenvalue weighted by Crippen LogP contribution is 2.44. The molecule has 35 heavy (non-hydrogen) atoms. The Hall–Kier alpha value is -3.39. The van der Waals surface area contributed by atoms with Gasteiger partial charge in [-0.15, -0.1) is 11.3 Å². The maximum Gasteiger partial charge on any atom is 0.194 e. The average molecular weight is 521 g/mol. The average Bonchev–Trinajstić information content (AvgIpc) is 3.22. The van der Waals surface area contributed by atoms with Crippen molar-refractivity contribution < 1.29 is 13.2 Å². The van der Waals surface area contributed by atoms with Crippen molar-refractivity contribution >= 4 is 48.7 Å². The van der Waals surface area contributed by atoms with Crippen molar-refractivity contribution in [1.82, 2.24) is 4.98 Å². The number of anilines is 1. The number of thiophene rings is 1. The van der Waals surface area contributed by atoms with Crippen molar-refractivity contribution in [3.05, 3.63) is 95.5 Å². The van der Waals surface area contributed by atoms with Gasteiger partial charge >= 0.3 is 0 Å². The summed E-state index contributed by atoms with van der Waals surface area (Å²) in [6.45, 7) is 0. The zero-order valence-corrected chi connectivity index (χ0v) is 21.1. The van der Waals surface area contributed by atoms with E-state index < -0.39 is 9.84 Å². The summed E-state index contributed by atoms with van der Waals surface area (Å²) < 4.78 is 32.2. The topological polar surface area (TPSA) is 82.3 Å². The Morgan fingerprint density at radius 1 is 0.943 bits per heavy atom. The Balaban J connectivity index is 1.69. The van der Waals surface area contributed by atoms with Gasteiger partial charge in [0.05, 0.1) is 24.2 Å². The van der Waals surface area contributed by atoms with Gasteiger partial charge in [0.15, 0.2) is 9.84 Å². The summed E-state index contributed by atoms with van der Waals surface area (Å²) in [5.74, 6) is 0.571. The molecule has 5 rings (SSSR count). The Bertz CT molecular complexity index is 1610. The number of methoxy groups -OCH3 is 1. The van der Waals surface area contributed by atoms with Crippen LogP contribution in [-0.2, 0) is 15.6 Å². The van der Waals surface area contributed by atoms with Crippen LogP contribution in [-0.4, -0.2) is 20.5 Å². The van der Waals surface area contributed by atoms with Crippen LogP contribution < -0.4 is 10.5 Å². The number of nitrogens with two attached hydrogens (primary N) is 1. The number of ether oxygens (including phenoxy) is 1. The molecule has 8 heteroatoms. The molecular formula is C27H21ClN2O3S2. The third-order valence-corrected chi connectivity index (χ3v) is 9.34. The molecule has 3 aromatic carbocycles. The molecular weight excluding hydrogens is 500 g/mol. The largest absolute Gasteiger partial charge is 0.497 e. The first-order chi connectivity index (χ1) is 16.9. The standard InChI is InChI=1S/C27H21ClN2O3S2/c1-33-21-13-9-19(10-14-21)23-15-22(18-5-3-2-4-6-18)24-25(29)27(34-26(24)30-23)35(31,32)16-17-7-11-20(28)12-8-17/h2-15H,16,29H2,1H3. The summed E-state index contributed by atoms with van der Waals surface area (Å²) >= 11 is 7.06. The molecule has 2 aromatic heterocycles. The molecule has 0 aliphatic heterocycles. The van der Waals surface area contributed by atoms with Crippen molar-refractivity contribution in [1.29, 1.82) is 0 Å². The molecule has 0 radical (unpaired) electrons. The van der Waals surface area contributed by atoms with E-state index in [0.29, 0.717) is 20.8 Å². The van der Waals surface area contributed by atoms with Gasteiger partial charge in [-0.05, 0) is 59.2 Å². The molecule has 2 N–H and O–H groups in total. The fraction of sp³-hybridized carbons (Fsp3) is 0.0741. The Morgan fingerprint density at radius 2 is 1.63 bits per heavy atom. The molecule has 0 amide bonds. The first-order valence-electron chi connectivity index (χ1n) is 10.8. The molecule has 0 spiro atoms. The molecule has 0 bridgehead atoms. The minimum atomic E-state index is -3.71. The number of aromatic nitrogens is 1. The zero-order valence-electron chi connectivity index (χ0n) is 18.7. The van der Waals surface area contributed by atoms with Crippen LogP contribution in [0.5, 0.6) is 5.75 Å². The lowest BCUT2D eigenvalue weighted by molar-refractivity contribution is 0.415. The molecule has 0 saturated heterocycles. The van der Waals surface area contributed by atoms with E-state index in [9.17, 15) is 8.42 Å². The Morgan fingerprint density at radius 3 is 2.29 bits per heavy atom. The predicted molar refractivity (Wildman–Crippen MR) is 144 cm³/mol. The molecule has 0 aliphatic carbocycles. The summed E-state index contributed by atoms with van der Waals surface area (Å²) in [6, 6.07) is 26.1. The van der Waals surface area contributed by atoms with Crippen LogP contribution in [0.25, 0.3) is 32.6 Å². The third kappa shape index (κ3) is 4.62. The number of benzene rings is 3. The molecule has 176 valence electrons. The van der Waals surface area contributed by atoms with Gasteiger partial charge in [0.25, 0.3) is 0 Å². The maximum atomic E-state index is 13.4. The van der Waals surface area contributed by atoms with Gasteiger partial charge in [0, 0.05) is 16.0 Å². The van der Waals surface area contributed by atoms with Gasteiger partial charge in [0.1, 0.15) is 14.8 Å². The van der Waals surface area contributed by atoms with E-state index in [0.717, 1.165) is 39.5 Å². The Labute approximate surface area is 212 Å². The zero-order chi connectivity index (χ0) is 24.6. The van der Waals surface area contributed by atoms with E-state index in [1.807, 2.05) is 60.7 Å². The second-order valence-electron chi connectivity index (χ2n) is 8.02. The number of rotatable bonds is 6. The summed E-state index contributed by atoms with van der Waals surface area (Å²) in [5, 5.41) is 1.20. The summed E-state index contributed by atoms with van der Waals surface area (Å²) in [5.41, 5.74) is 10.8. The fourth-order valence-electron chi connectivity index (χ4n) is 3.95. The first-order valence-corrected chi connectivity index (χ1v) is 13.6. The van der Waals surface area contributed by atoms with Crippen molar-refractivity contribution in [2.45, 2.75) is 9.96 Å². The van der Waals surface area contributed by atoms with Crippen LogP contribution in [0.3, 0.4) is 0 Å². The second-order valence-corrected chi connectivity index (χ2v) is 11.6. The normalized spacial score (nSPS) is 11.6. The fourth-order valence-corrected chi connectivity index (χ4v) is 7.05. The number of pyridine rings is 1. The molecule has 0 saturated carbocycles. The lowest BCUT2D eigenvalue weighted by Crippen LogP contribution is -2.05.